The second-order valence-corrected chi connectivity index (χ2v) is 7.58. The molecule has 0 aliphatic carbocycles. The first-order chi connectivity index (χ1) is 13.8. The number of halogens is 1. The zero-order valence-corrected chi connectivity index (χ0v) is 17.3. The van der Waals surface area contributed by atoms with Gasteiger partial charge in [0.25, 0.3) is 5.88 Å². The molecule has 2 atom stereocenters. The number of rotatable bonds is 7. The fraction of sp³-hybridized carbons (Fsp3) is 0.455. The molecule has 1 fully saturated rings. The molecule has 1 aromatic carbocycles. The van der Waals surface area contributed by atoms with Crippen LogP contribution in [0.3, 0.4) is 0 Å². The molecule has 0 saturated carbocycles. The van der Waals surface area contributed by atoms with Crippen molar-refractivity contribution in [2.45, 2.75) is 52.4 Å². The second-order valence-electron chi connectivity index (χ2n) is 7.58. The van der Waals surface area contributed by atoms with Crippen molar-refractivity contribution >= 4 is 11.6 Å². The molecular weight excluding hydrogens is 373 g/mol. The molecule has 2 aromatic rings. The summed E-state index contributed by atoms with van der Waals surface area (Å²) in [6.45, 7) is 8.41. The Balaban J connectivity index is 1.61. The highest BCUT2D eigenvalue weighted by molar-refractivity contribution is 5.73. The lowest BCUT2D eigenvalue weighted by Gasteiger charge is -2.21. The van der Waals surface area contributed by atoms with Crippen molar-refractivity contribution in [3.63, 3.8) is 0 Å². The van der Waals surface area contributed by atoms with Crippen LogP contribution in [-0.4, -0.2) is 36.2 Å². The van der Waals surface area contributed by atoms with Crippen molar-refractivity contribution in [2.24, 2.45) is 0 Å². The number of aromatic nitrogens is 1. The molecular formula is C22H28FN3O3. The van der Waals surface area contributed by atoms with Crippen molar-refractivity contribution in [3.05, 3.63) is 47.9 Å². The van der Waals surface area contributed by atoms with E-state index in [1.807, 2.05) is 49.9 Å². The average Bonchev–Trinajstić information content (AvgIpc) is 3.11. The molecule has 29 heavy (non-hydrogen) atoms. The normalized spacial score (nSPS) is 17.3. The van der Waals surface area contributed by atoms with Gasteiger partial charge in [0, 0.05) is 26.1 Å². The summed E-state index contributed by atoms with van der Waals surface area (Å²) >= 11 is 0. The number of anilines is 1. The van der Waals surface area contributed by atoms with Gasteiger partial charge in [0.15, 0.2) is 0 Å². The molecule has 6 nitrogen and oxygen atoms in total. The number of hydrogen-bond donors (Lipinski definition) is 1. The molecule has 1 saturated heterocycles. The van der Waals surface area contributed by atoms with Crippen LogP contribution in [0.25, 0.3) is 0 Å². The zero-order valence-electron chi connectivity index (χ0n) is 17.3. The molecule has 156 valence electrons. The topological polar surface area (TPSA) is 63.7 Å². The highest BCUT2D eigenvalue weighted by atomic mass is 19.1. The lowest BCUT2D eigenvalue weighted by Crippen LogP contribution is -2.25. The van der Waals surface area contributed by atoms with E-state index in [2.05, 4.69) is 10.3 Å². The van der Waals surface area contributed by atoms with E-state index in [0.717, 1.165) is 17.7 Å². The van der Waals surface area contributed by atoms with Crippen molar-refractivity contribution in [1.29, 1.82) is 0 Å². The monoisotopic (exact) mass is 401 g/mol. The fourth-order valence-corrected chi connectivity index (χ4v) is 3.42. The Labute approximate surface area is 171 Å². The Morgan fingerprint density at radius 3 is 2.62 bits per heavy atom. The fourth-order valence-electron chi connectivity index (χ4n) is 3.42. The van der Waals surface area contributed by atoms with Gasteiger partial charge in [-0.25, -0.2) is 4.98 Å². The third kappa shape index (κ3) is 5.37. The third-order valence-corrected chi connectivity index (χ3v) is 4.77. The van der Waals surface area contributed by atoms with E-state index in [1.165, 1.54) is 6.92 Å². The number of ether oxygens (including phenoxy) is 2. The van der Waals surface area contributed by atoms with Gasteiger partial charge in [-0.15, -0.1) is 0 Å². The minimum absolute atomic E-state index is 0.0318. The summed E-state index contributed by atoms with van der Waals surface area (Å²) in [5, 5.41) is 2.86. The van der Waals surface area contributed by atoms with Gasteiger partial charge in [0.2, 0.25) is 11.7 Å². The van der Waals surface area contributed by atoms with E-state index in [4.69, 9.17) is 9.47 Å². The van der Waals surface area contributed by atoms with Gasteiger partial charge >= 0.3 is 0 Å². The van der Waals surface area contributed by atoms with Gasteiger partial charge in [0.05, 0.1) is 24.4 Å². The minimum Gasteiger partial charge on any atom is -0.489 e. The first kappa shape index (κ1) is 20.9. The predicted octanol–water partition coefficient (Wildman–Crippen LogP) is 3.86. The number of benzene rings is 1. The Hall–Kier alpha value is -2.83. The lowest BCUT2D eigenvalue weighted by molar-refractivity contribution is -0.119. The highest BCUT2D eigenvalue weighted by Gasteiger charge is 2.27. The maximum atomic E-state index is 14.7. The number of carbonyl (C=O) groups is 1. The van der Waals surface area contributed by atoms with Crippen molar-refractivity contribution in [2.75, 3.05) is 18.0 Å². The summed E-state index contributed by atoms with van der Waals surface area (Å²) in [5.41, 5.74) is 1.50. The molecule has 0 unspecified atom stereocenters. The largest absolute Gasteiger partial charge is 0.489 e. The van der Waals surface area contributed by atoms with Crippen LogP contribution in [0.2, 0.25) is 0 Å². The van der Waals surface area contributed by atoms with Crippen LogP contribution in [0.1, 0.15) is 45.7 Å². The van der Waals surface area contributed by atoms with Gasteiger partial charge < -0.3 is 19.7 Å². The Bertz CT molecular complexity index is 842. The van der Waals surface area contributed by atoms with Crippen LogP contribution >= 0.6 is 0 Å². The lowest BCUT2D eigenvalue weighted by atomic mass is 10.1. The molecule has 1 aliphatic rings. The van der Waals surface area contributed by atoms with Crippen LogP contribution < -0.4 is 19.7 Å². The van der Waals surface area contributed by atoms with Crippen LogP contribution in [0.4, 0.5) is 10.1 Å². The molecule has 2 heterocycles. The SMILES string of the molecule is CC(=O)N[C@@H](C)c1ccc(O[C@@H]2CCN(c3ccnc(OC(C)C)c3F)C2)cc1. The number of nitrogens with zero attached hydrogens (tertiary/aromatic N) is 2. The van der Waals surface area contributed by atoms with Gasteiger partial charge in [-0.3, -0.25) is 4.79 Å². The number of amides is 1. The molecule has 1 aromatic heterocycles. The summed E-state index contributed by atoms with van der Waals surface area (Å²) < 4.78 is 26.3. The van der Waals surface area contributed by atoms with Crippen molar-refractivity contribution < 1.29 is 18.7 Å². The third-order valence-electron chi connectivity index (χ3n) is 4.77. The summed E-state index contributed by atoms with van der Waals surface area (Å²) in [6, 6.07) is 9.31. The zero-order chi connectivity index (χ0) is 21.0. The van der Waals surface area contributed by atoms with Crippen LogP contribution in [0.5, 0.6) is 11.6 Å². The maximum absolute atomic E-state index is 14.7. The van der Waals surface area contributed by atoms with Gasteiger partial charge in [-0.1, -0.05) is 12.1 Å². The average molecular weight is 401 g/mol. The Morgan fingerprint density at radius 1 is 1.24 bits per heavy atom. The second kappa shape index (κ2) is 9.11. The first-order valence-electron chi connectivity index (χ1n) is 9.93. The van der Waals surface area contributed by atoms with Crippen LogP contribution in [0, 0.1) is 5.82 Å². The quantitative estimate of drug-likeness (QED) is 0.763. The van der Waals surface area contributed by atoms with E-state index in [0.29, 0.717) is 18.8 Å². The van der Waals surface area contributed by atoms with E-state index in [9.17, 15) is 9.18 Å². The summed E-state index contributed by atoms with van der Waals surface area (Å²) in [7, 11) is 0. The molecule has 3 rings (SSSR count). The van der Waals surface area contributed by atoms with E-state index in [-0.39, 0.29) is 30.0 Å². The number of pyridine rings is 1. The Kier molecular flexibility index (Phi) is 6.56. The van der Waals surface area contributed by atoms with Gasteiger partial charge in [-0.05, 0) is 44.5 Å². The molecule has 1 aliphatic heterocycles. The highest BCUT2D eigenvalue weighted by Crippen LogP contribution is 2.30. The summed E-state index contributed by atoms with van der Waals surface area (Å²) in [5.74, 6) is 0.299. The van der Waals surface area contributed by atoms with Gasteiger partial charge in [0.1, 0.15) is 11.9 Å². The molecule has 1 N–H and O–H groups in total. The minimum atomic E-state index is -0.432. The van der Waals surface area contributed by atoms with E-state index >= 15 is 0 Å². The van der Waals surface area contributed by atoms with Crippen LogP contribution in [0.15, 0.2) is 36.5 Å². The molecule has 1 amide bonds. The van der Waals surface area contributed by atoms with E-state index < -0.39 is 5.82 Å². The maximum Gasteiger partial charge on any atom is 0.252 e. The molecule has 7 heteroatoms. The molecule has 0 radical (unpaired) electrons. The van der Waals surface area contributed by atoms with Crippen LogP contribution in [-0.2, 0) is 4.79 Å². The van der Waals surface area contributed by atoms with Crippen molar-refractivity contribution in [1.82, 2.24) is 10.3 Å². The number of nitrogens with one attached hydrogen (secondary N) is 1. The number of carbonyl (C=O) groups excluding carboxylic acids is 1. The summed E-state index contributed by atoms with van der Waals surface area (Å²) in [6.07, 6.45) is 2.19. The van der Waals surface area contributed by atoms with E-state index in [1.54, 1.807) is 12.3 Å². The smallest absolute Gasteiger partial charge is 0.252 e. The first-order valence-corrected chi connectivity index (χ1v) is 9.93. The summed E-state index contributed by atoms with van der Waals surface area (Å²) in [4.78, 5) is 17.1. The number of hydrogen-bond acceptors (Lipinski definition) is 5. The predicted molar refractivity (Wildman–Crippen MR) is 110 cm³/mol. The van der Waals surface area contributed by atoms with Crippen molar-refractivity contribution in [3.8, 4) is 11.6 Å². The standard InChI is InChI=1S/C22H28FN3O3/c1-14(2)28-22-21(23)20(9-11-24-22)26-12-10-19(13-26)29-18-7-5-17(6-8-18)15(3)25-16(4)27/h5-9,11,14-15,19H,10,12-13H2,1-4H3,(H,25,27)/t15-,19+/m0/s1. The van der Waals surface area contributed by atoms with Gasteiger partial charge in [-0.2, -0.15) is 4.39 Å². The molecule has 0 bridgehead atoms. The molecule has 0 spiro atoms. The Morgan fingerprint density at radius 2 is 1.97 bits per heavy atom.